The third-order valence-electron chi connectivity index (χ3n) is 5.09. The Labute approximate surface area is 178 Å². The Morgan fingerprint density at radius 3 is 2.72 bits per heavy atom. The van der Waals surface area contributed by atoms with Crippen LogP contribution >= 0.6 is 23.1 Å². The second-order valence-corrected chi connectivity index (χ2v) is 9.30. The van der Waals surface area contributed by atoms with Gasteiger partial charge in [-0.05, 0) is 36.8 Å². The standard InChI is InChI=1S/C22H24N2O3S2/c25-19(24-12-4-1-5-13-24)10-11-23-22(26)21-17(15-29-20-9-6-14-28-20)16-7-2-3-8-18(16)27-21/h2-3,6-9,14H,1,4-5,10-13,15H2,(H,23,26). The minimum atomic E-state index is -0.255. The molecule has 1 aromatic carbocycles. The first-order valence-electron chi connectivity index (χ1n) is 9.95. The molecule has 0 bridgehead atoms. The molecule has 152 valence electrons. The highest BCUT2D eigenvalue weighted by Gasteiger charge is 2.21. The molecule has 1 aliphatic heterocycles. The molecular formula is C22H24N2O3S2. The minimum Gasteiger partial charge on any atom is -0.451 e. The van der Waals surface area contributed by atoms with Crippen LogP contribution in [-0.4, -0.2) is 36.3 Å². The number of carbonyl (C=O) groups excluding carboxylic acids is 2. The molecule has 3 heterocycles. The van der Waals surface area contributed by atoms with E-state index in [2.05, 4.69) is 11.4 Å². The smallest absolute Gasteiger partial charge is 0.287 e. The van der Waals surface area contributed by atoms with Gasteiger partial charge in [0.1, 0.15) is 5.58 Å². The number of benzene rings is 1. The Bertz CT molecular complexity index is 975. The molecule has 7 heteroatoms. The van der Waals surface area contributed by atoms with Crippen LogP contribution in [0, 0.1) is 0 Å². The van der Waals surface area contributed by atoms with E-state index < -0.39 is 0 Å². The molecule has 2 amide bonds. The first kappa shape index (κ1) is 20.0. The van der Waals surface area contributed by atoms with E-state index in [1.807, 2.05) is 40.6 Å². The Balaban J connectivity index is 1.42. The molecule has 0 spiro atoms. The summed E-state index contributed by atoms with van der Waals surface area (Å²) in [6.07, 6.45) is 3.66. The summed E-state index contributed by atoms with van der Waals surface area (Å²) in [5.74, 6) is 0.866. The van der Waals surface area contributed by atoms with E-state index in [9.17, 15) is 9.59 Å². The number of hydrogen-bond donors (Lipinski definition) is 1. The van der Waals surface area contributed by atoms with Gasteiger partial charge in [0.05, 0.1) is 4.21 Å². The molecule has 29 heavy (non-hydrogen) atoms. The third kappa shape index (κ3) is 4.85. The fourth-order valence-electron chi connectivity index (χ4n) is 3.58. The predicted molar refractivity (Wildman–Crippen MR) is 117 cm³/mol. The molecule has 4 rings (SSSR count). The summed E-state index contributed by atoms with van der Waals surface area (Å²) in [4.78, 5) is 27.0. The van der Waals surface area contributed by atoms with Crippen molar-refractivity contribution in [2.45, 2.75) is 35.6 Å². The van der Waals surface area contributed by atoms with Gasteiger partial charge in [-0.25, -0.2) is 0 Å². The van der Waals surface area contributed by atoms with Crippen molar-refractivity contribution in [3.8, 4) is 0 Å². The summed E-state index contributed by atoms with van der Waals surface area (Å²) in [5, 5.41) is 5.89. The second kappa shape index (κ2) is 9.50. The van der Waals surface area contributed by atoms with Gasteiger partial charge in [-0.2, -0.15) is 0 Å². The lowest BCUT2D eigenvalue weighted by Crippen LogP contribution is -2.37. The summed E-state index contributed by atoms with van der Waals surface area (Å²) < 4.78 is 7.09. The number of nitrogens with one attached hydrogen (secondary N) is 1. The van der Waals surface area contributed by atoms with Crippen LogP contribution < -0.4 is 5.32 Å². The molecule has 3 aromatic rings. The molecule has 1 aliphatic rings. The average Bonchev–Trinajstić information content (AvgIpc) is 3.40. The fourth-order valence-corrected chi connectivity index (χ4v) is 5.39. The van der Waals surface area contributed by atoms with Gasteiger partial charge in [0.2, 0.25) is 5.91 Å². The number of furan rings is 1. The maximum atomic E-state index is 12.8. The number of amides is 2. The van der Waals surface area contributed by atoms with Crippen LogP contribution in [0.3, 0.4) is 0 Å². The second-order valence-electron chi connectivity index (χ2n) is 7.07. The van der Waals surface area contributed by atoms with Gasteiger partial charge in [0.15, 0.2) is 5.76 Å². The lowest BCUT2D eigenvalue weighted by atomic mass is 10.1. The van der Waals surface area contributed by atoms with Crippen LogP contribution in [0.5, 0.6) is 0 Å². The number of carbonyl (C=O) groups is 2. The highest BCUT2D eigenvalue weighted by Crippen LogP contribution is 2.33. The zero-order valence-electron chi connectivity index (χ0n) is 16.2. The van der Waals surface area contributed by atoms with Gasteiger partial charge in [-0.3, -0.25) is 9.59 Å². The van der Waals surface area contributed by atoms with Crippen LogP contribution in [0.1, 0.15) is 41.8 Å². The first-order chi connectivity index (χ1) is 14.2. The Morgan fingerprint density at radius 1 is 1.10 bits per heavy atom. The van der Waals surface area contributed by atoms with Crippen LogP contribution in [0.2, 0.25) is 0 Å². The Morgan fingerprint density at radius 2 is 1.93 bits per heavy atom. The minimum absolute atomic E-state index is 0.114. The predicted octanol–water partition coefficient (Wildman–Crippen LogP) is 4.92. The third-order valence-corrected chi connectivity index (χ3v) is 7.25. The summed E-state index contributed by atoms with van der Waals surface area (Å²) in [5.41, 5.74) is 1.61. The quantitative estimate of drug-likeness (QED) is 0.543. The van der Waals surface area contributed by atoms with Crippen LogP contribution in [-0.2, 0) is 10.5 Å². The fraction of sp³-hybridized carbons (Fsp3) is 0.364. The summed E-state index contributed by atoms with van der Waals surface area (Å²) in [6, 6.07) is 11.8. The number of thiophene rings is 1. The number of para-hydroxylation sites is 1. The van der Waals surface area contributed by atoms with Gasteiger partial charge >= 0.3 is 0 Å². The first-order valence-corrected chi connectivity index (χ1v) is 11.8. The number of rotatable bonds is 7. The molecule has 0 aliphatic carbocycles. The molecule has 0 saturated carbocycles. The van der Waals surface area contributed by atoms with Crippen molar-refractivity contribution in [1.82, 2.24) is 10.2 Å². The van der Waals surface area contributed by atoms with Crippen molar-refractivity contribution in [1.29, 1.82) is 0 Å². The summed E-state index contributed by atoms with van der Waals surface area (Å²) in [6.45, 7) is 1.99. The van der Waals surface area contributed by atoms with Gasteiger partial charge < -0.3 is 14.6 Å². The number of likely N-dealkylation sites (tertiary alicyclic amines) is 1. The SMILES string of the molecule is O=C(NCCC(=O)N1CCCCC1)c1oc2ccccc2c1CSc1cccs1. The van der Waals surface area contributed by atoms with Crippen molar-refractivity contribution in [3.63, 3.8) is 0 Å². The molecule has 0 atom stereocenters. The molecule has 1 N–H and O–H groups in total. The lowest BCUT2D eigenvalue weighted by molar-refractivity contribution is -0.131. The van der Waals surface area contributed by atoms with Gasteiger partial charge in [-0.1, -0.05) is 24.3 Å². The van der Waals surface area contributed by atoms with E-state index in [0.29, 0.717) is 30.1 Å². The highest BCUT2D eigenvalue weighted by molar-refractivity contribution is 8.00. The topological polar surface area (TPSA) is 62.6 Å². The molecular weight excluding hydrogens is 404 g/mol. The normalized spacial score (nSPS) is 14.3. The van der Waals surface area contributed by atoms with Gasteiger partial charge in [0, 0.05) is 42.8 Å². The number of nitrogens with zero attached hydrogens (tertiary/aromatic N) is 1. The van der Waals surface area contributed by atoms with E-state index in [-0.39, 0.29) is 11.8 Å². The van der Waals surface area contributed by atoms with Crippen molar-refractivity contribution in [3.05, 3.63) is 53.1 Å². The maximum Gasteiger partial charge on any atom is 0.287 e. The molecule has 1 saturated heterocycles. The molecule has 0 radical (unpaired) electrons. The highest BCUT2D eigenvalue weighted by atomic mass is 32.2. The zero-order chi connectivity index (χ0) is 20.1. The van der Waals surface area contributed by atoms with E-state index >= 15 is 0 Å². The molecule has 0 unspecified atom stereocenters. The van der Waals surface area contributed by atoms with Crippen LogP contribution in [0.25, 0.3) is 11.0 Å². The Hall–Kier alpha value is -2.25. The number of fused-ring (bicyclic) bond motifs is 1. The van der Waals surface area contributed by atoms with Crippen LogP contribution in [0.4, 0.5) is 0 Å². The van der Waals surface area contributed by atoms with Gasteiger partial charge in [0.25, 0.3) is 5.91 Å². The average molecular weight is 429 g/mol. The van der Waals surface area contributed by atoms with Gasteiger partial charge in [-0.15, -0.1) is 23.1 Å². The van der Waals surface area contributed by atoms with Crippen molar-refractivity contribution in [2.24, 2.45) is 0 Å². The molecule has 2 aromatic heterocycles. The molecule has 1 fully saturated rings. The number of piperidine rings is 1. The van der Waals surface area contributed by atoms with Crippen molar-refractivity contribution < 1.29 is 14.0 Å². The summed E-state index contributed by atoms with van der Waals surface area (Å²) in [7, 11) is 0. The molecule has 5 nitrogen and oxygen atoms in total. The Kier molecular flexibility index (Phi) is 6.56. The van der Waals surface area contributed by atoms with E-state index in [0.717, 1.165) is 36.9 Å². The monoisotopic (exact) mass is 428 g/mol. The number of hydrogen-bond acceptors (Lipinski definition) is 5. The van der Waals surface area contributed by atoms with E-state index in [1.165, 1.54) is 10.6 Å². The summed E-state index contributed by atoms with van der Waals surface area (Å²) >= 11 is 3.38. The van der Waals surface area contributed by atoms with Crippen LogP contribution in [0.15, 0.2) is 50.4 Å². The zero-order valence-corrected chi connectivity index (χ0v) is 17.8. The van der Waals surface area contributed by atoms with Crippen molar-refractivity contribution >= 4 is 45.9 Å². The lowest BCUT2D eigenvalue weighted by Gasteiger charge is -2.26. The van der Waals surface area contributed by atoms with E-state index in [1.54, 1.807) is 23.1 Å². The maximum absolute atomic E-state index is 12.8. The van der Waals surface area contributed by atoms with E-state index in [4.69, 9.17) is 4.42 Å². The number of thioether (sulfide) groups is 1. The largest absolute Gasteiger partial charge is 0.451 e. The van der Waals surface area contributed by atoms with Crippen molar-refractivity contribution in [2.75, 3.05) is 19.6 Å².